The van der Waals surface area contributed by atoms with Gasteiger partial charge in [0.2, 0.25) is 5.91 Å². The van der Waals surface area contributed by atoms with Crippen molar-refractivity contribution in [1.29, 1.82) is 0 Å². The topological polar surface area (TPSA) is 102 Å². The van der Waals surface area contributed by atoms with Crippen LogP contribution < -0.4 is 11.2 Å². The van der Waals surface area contributed by atoms with E-state index in [1.807, 2.05) is 0 Å². The number of hydroxylamine groups is 1. The van der Waals surface area contributed by atoms with Gasteiger partial charge >= 0.3 is 5.97 Å². The van der Waals surface area contributed by atoms with Crippen molar-refractivity contribution >= 4 is 27.8 Å². The zero-order chi connectivity index (χ0) is 12.8. The molecule has 0 saturated heterocycles. The average molecular weight is 303 g/mol. The number of carbonyl (C=O) groups excluding carboxylic acids is 1. The van der Waals surface area contributed by atoms with Crippen molar-refractivity contribution in [2.45, 2.75) is 6.54 Å². The minimum absolute atomic E-state index is 0.193. The molecule has 0 fully saturated rings. The number of primary amides is 1. The van der Waals surface area contributed by atoms with Crippen LogP contribution in [0.5, 0.6) is 0 Å². The Labute approximate surface area is 106 Å². The molecule has 0 aliphatic carbocycles. The quantitative estimate of drug-likeness (QED) is 0.529. The minimum atomic E-state index is -0.991. The number of carboxylic acids is 1. The summed E-state index contributed by atoms with van der Waals surface area (Å²) in [7, 11) is 0. The van der Waals surface area contributed by atoms with Crippen molar-refractivity contribution in [3.8, 4) is 0 Å². The number of nitrogens with one attached hydrogen (secondary N) is 1. The molecule has 0 radical (unpaired) electrons. The molecular formula is C10H11BrN2O4. The monoisotopic (exact) mass is 302 g/mol. The Morgan fingerprint density at radius 3 is 2.71 bits per heavy atom. The summed E-state index contributed by atoms with van der Waals surface area (Å²) in [6.07, 6.45) is 0. The fraction of sp³-hybridized carbons (Fsp3) is 0.200. The van der Waals surface area contributed by atoms with Gasteiger partial charge in [-0.1, -0.05) is 22.0 Å². The van der Waals surface area contributed by atoms with Crippen LogP contribution in [0.3, 0.4) is 0 Å². The molecule has 0 spiro atoms. The summed E-state index contributed by atoms with van der Waals surface area (Å²) in [5, 5.41) is 8.76. The first-order valence-electron chi connectivity index (χ1n) is 4.65. The maximum atomic E-state index is 10.7. The van der Waals surface area contributed by atoms with Gasteiger partial charge in [0.25, 0.3) is 0 Å². The predicted octanol–water partition coefficient (Wildman–Crippen LogP) is 0.654. The van der Waals surface area contributed by atoms with Gasteiger partial charge in [-0.3, -0.25) is 9.63 Å². The Bertz CT molecular complexity index is 436. The second kappa shape index (κ2) is 6.33. The number of hydrogen-bond acceptors (Lipinski definition) is 4. The van der Waals surface area contributed by atoms with Crippen LogP contribution in [0.4, 0.5) is 0 Å². The van der Waals surface area contributed by atoms with Gasteiger partial charge in [0.05, 0.1) is 5.56 Å². The predicted molar refractivity (Wildman–Crippen MR) is 63.1 cm³/mol. The van der Waals surface area contributed by atoms with Crippen LogP contribution in [-0.2, 0) is 16.2 Å². The zero-order valence-electron chi connectivity index (χ0n) is 8.77. The average Bonchev–Trinajstić information content (AvgIpc) is 2.25. The van der Waals surface area contributed by atoms with E-state index in [-0.39, 0.29) is 12.2 Å². The maximum absolute atomic E-state index is 10.7. The Hall–Kier alpha value is -1.44. The molecule has 1 rings (SSSR count). The van der Waals surface area contributed by atoms with Crippen molar-refractivity contribution in [2.75, 3.05) is 6.61 Å². The third-order valence-corrected chi connectivity index (χ3v) is 2.62. The SMILES string of the molecule is NC(=O)CONCc1ccc(C(=O)O)cc1Br. The van der Waals surface area contributed by atoms with Gasteiger partial charge in [-0.05, 0) is 17.7 Å². The molecule has 6 nitrogen and oxygen atoms in total. The molecule has 4 N–H and O–H groups in total. The van der Waals surface area contributed by atoms with E-state index in [1.54, 1.807) is 6.07 Å². The Kier molecular flexibility index (Phi) is 5.08. The highest BCUT2D eigenvalue weighted by Crippen LogP contribution is 2.18. The third-order valence-electron chi connectivity index (χ3n) is 1.88. The Balaban J connectivity index is 2.54. The summed E-state index contributed by atoms with van der Waals surface area (Å²) in [5.74, 6) is -1.56. The van der Waals surface area contributed by atoms with Crippen molar-refractivity contribution in [1.82, 2.24) is 5.48 Å². The molecule has 0 unspecified atom stereocenters. The van der Waals surface area contributed by atoms with E-state index in [9.17, 15) is 9.59 Å². The van der Waals surface area contributed by atoms with E-state index >= 15 is 0 Å². The molecule has 92 valence electrons. The van der Waals surface area contributed by atoms with E-state index < -0.39 is 11.9 Å². The fourth-order valence-electron chi connectivity index (χ4n) is 1.07. The number of aromatic carboxylic acids is 1. The van der Waals surface area contributed by atoms with Crippen molar-refractivity contribution in [3.05, 3.63) is 33.8 Å². The number of amides is 1. The van der Waals surface area contributed by atoms with Crippen LogP contribution in [0.2, 0.25) is 0 Å². The number of carboxylic acid groups (broad SMARTS) is 1. The molecule has 17 heavy (non-hydrogen) atoms. The maximum Gasteiger partial charge on any atom is 0.335 e. The lowest BCUT2D eigenvalue weighted by Gasteiger charge is -2.07. The molecule has 0 saturated carbocycles. The Morgan fingerprint density at radius 2 is 2.18 bits per heavy atom. The van der Waals surface area contributed by atoms with Gasteiger partial charge in [0, 0.05) is 11.0 Å². The second-order valence-corrected chi connectivity index (χ2v) is 4.04. The first kappa shape index (κ1) is 13.6. The summed E-state index contributed by atoms with van der Waals surface area (Å²) < 4.78 is 0.646. The van der Waals surface area contributed by atoms with E-state index in [0.29, 0.717) is 11.0 Å². The molecular weight excluding hydrogens is 292 g/mol. The first-order valence-corrected chi connectivity index (χ1v) is 5.44. The van der Waals surface area contributed by atoms with Gasteiger partial charge in [-0.15, -0.1) is 0 Å². The molecule has 1 aromatic carbocycles. The highest BCUT2D eigenvalue weighted by atomic mass is 79.9. The molecule has 1 amide bonds. The lowest BCUT2D eigenvalue weighted by molar-refractivity contribution is -0.125. The van der Waals surface area contributed by atoms with Crippen molar-refractivity contribution in [3.63, 3.8) is 0 Å². The third kappa shape index (κ3) is 4.51. The van der Waals surface area contributed by atoms with E-state index in [2.05, 4.69) is 21.4 Å². The van der Waals surface area contributed by atoms with Crippen LogP contribution >= 0.6 is 15.9 Å². The molecule has 0 aliphatic heterocycles. The largest absolute Gasteiger partial charge is 0.478 e. The van der Waals surface area contributed by atoms with Crippen molar-refractivity contribution in [2.24, 2.45) is 5.73 Å². The lowest BCUT2D eigenvalue weighted by atomic mass is 10.1. The van der Waals surface area contributed by atoms with Crippen LogP contribution in [0.1, 0.15) is 15.9 Å². The van der Waals surface area contributed by atoms with E-state index in [1.165, 1.54) is 12.1 Å². The highest BCUT2D eigenvalue weighted by molar-refractivity contribution is 9.10. The summed E-state index contributed by atoms with van der Waals surface area (Å²) >= 11 is 3.25. The van der Waals surface area contributed by atoms with Gasteiger partial charge in [0.15, 0.2) is 0 Å². The summed E-state index contributed by atoms with van der Waals surface area (Å²) in [6, 6.07) is 4.62. The molecule has 1 aromatic rings. The fourth-order valence-corrected chi connectivity index (χ4v) is 1.59. The summed E-state index contributed by atoms with van der Waals surface area (Å²) in [5.41, 5.74) is 8.42. The molecule has 0 aliphatic rings. The van der Waals surface area contributed by atoms with Crippen LogP contribution in [0.25, 0.3) is 0 Å². The van der Waals surface area contributed by atoms with E-state index in [0.717, 1.165) is 5.56 Å². The second-order valence-electron chi connectivity index (χ2n) is 3.19. The van der Waals surface area contributed by atoms with Crippen LogP contribution in [0, 0.1) is 0 Å². The minimum Gasteiger partial charge on any atom is -0.478 e. The number of hydrogen-bond donors (Lipinski definition) is 3. The lowest BCUT2D eigenvalue weighted by Crippen LogP contribution is -2.24. The Morgan fingerprint density at radius 1 is 1.47 bits per heavy atom. The molecule has 0 heterocycles. The smallest absolute Gasteiger partial charge is 0.335 e. The first-order chi connectivity index (χ1) is 8.00. The zero-order valence-corrected chi connectivity index (χ0v) is 10.4. The van der Waals surface area contributed by atoms with Crippen molar-refractivity contribution < 1.29 is 19.5 Å². The molecule has 0 bridgehead atoms. The summed E-state index contributed by atoms with van der Waals surface area (Å²) in [4.78, 5) is 25.8. The standard InChI is InChI=1S/C10H11BrN2O4/c11-8-3-6(10(15)16)1-2-7(8)4-13-17-5-9(12)14/h1-3,13H,4-5H2,(H2,12,14)(H,15,16). The molecule has 7 heteroatoms. The number of rotatable bonds is 6. The van der Waals surface area contributed by atoms with Gasteiger partial charge in [0.1, 0.15) is 6.61 Å². The number of halogens is 1. The summed E-state index contributed by atoms with van der Waals surface area (Å²) in [6.45, 7) is 0.110. The molecule has 0 aromatic heterocycles. The van der Waals surface area contributed by atoms with Gasteiger partial charge < -0.3 is 10.8 Å². The van der Waals surface area contributed by atoms with Crippen LogP contribution in [0.15, 0.2) is 22.7 Å². The molecule has 0 atom stereocenters. The van der Waals surface area contributed by atoms with Gasteiger partial charge in [-0.2, -0.15) is 5.48 Å². The normalized spacial score (nSPS) is 10.2. The van der Waals surface area contributed by atoms with E-state index in [4.69, 9.17) is 15.7 Å². The number of benzene rings is 1. The van der Waals surface area contributed by atoms with Gasteiger partial charge in [-0.25, -0.2) is 4.79 Å². The number of nitrogens with two attached hydrogens (primary N) is 1. The number of carbonyl (C=O) groups is 2. The highest BCUT2D eigenvalue weighted by Gasteiger charge is 2.06. The van der Waals surface area contributed by atoms with Crippen LogP contribution in [-0.4, -0.2) is 23.6 Å².